The molecule has 2 aromatic rings. The first-order chi connectivity index (χ1) is 11.4. The van der Waals surface area contributed by atoms with Gasteiger partial charge in [-0.1, -0.05) is 12.0 Å². The predicted octanol–water partition coefficient (Wildman–Crippen LogP) is 1.59. The lowest BCUT2D eigenvalue weighted by Crippen LogP contribution is -2.48. The van der Waals surface area contributed by atoms with Crippen LogP contribution in [-0.4, -0.2) is 49.1 Å². The summed E-state index contributed by atoms with van der Waals surface area (Å²) in [5, 5.41) is 7.89. The van der Waals surface area contributed by atoms with E-state index in [0.29, 0.717) is 50.1 Å². The van der Waals surface area contributed by atoms with Crippen LogP contribution in [0.4, 0.5) is 10.4 Å². The number of rotatable bonds is 4. The number of anilines is 1. The van der Waals surface area contributed by atoms with Gasteiger partial charge in [-0.2, -0.15) is 4.31 Å². The van der Waals surface area contributed by atoms with Crippen LogP contribution >= 0.6 is 0 Å². The molecule has 1 aromatic carbocycles. The number of hydrogen-bond acceptors (Lipinski definition) is 6. The number of piperazine rings is 1. The molecule has 0 bridgehead atoms. The van der Waals surface area contributed by atoms with Gasteiger partial charge in [-0.05, 0) is 30.7 Å². The normalized spacial score (nSPS) is 16.5. The van der Waals surface area contributed by atoms with Gasteiger partial charge in [0, 0.05) is 32.6 Å². The summed E-state index contributed by atoms with van der Waals surface area (Å²) in [5.41, 5.74) is 0.313. The van der Waals surface area contributed by atoms with Crippen LogP contribution < -0.4 is 4.90 Å². The number of sulfonamides is 1. The van der Waals surface area contributed by atoms with E-state index in [0.717, 1.165) is 0 Å². The van der Waals surface area contributed by atoms with Crippen molar-refractivity contribution in [1.82, 2.24) is 14.5 Å². The SMILES string of the molecule is CCc1nnc(N2CCN(S(=O)(=O)c3ccc(F)c(C)c3)CC2)o1. The Morgan fingerprint density at radius 2 is 1.92 bits per heavy atom. The first-order valence-corrected chi connectivity index (χ1v) is 9.19. The molecule has 0 radical (unpaired) electrons. The van der Waals surface area contributed by atoms with Gasteiger partial charge >= 0.3 is 6.01 Å². The number of aryl methyl sites for hydroxylation is 2. The van der Waals surface area contributed by atoms with Gasteiger partial charge in [-0.3, -0.25) is 0 Å². The van der Waals surface area contributed by atoms with Crippen molar-refractivity contribution >= 4 is 16.0 Å². The summed E-state index contributed by atoms with van der Waals surface area (Å²) in [6.45, 7) is 5.01. The van der Waals surface area contributed by atoms with Crippen molar-refractivity contribution in [3.63, 3.8) is 0 Å². The fourth-order valence-electron chi connectivity index (χ4n) is 2.56. The minimum atomic E-state index is -3.63. The molecule has 9 heteroatoms. The molecule has 130 valence electrons. The van der Waals surface area contributed by atoms with Crippen LogP contribution in [0, 0.1) is 12.7 Å². The Labute approximate surface area is 140 Å². The van der Waals surface area contributed by atoms with Crippen molar-refractivity contribution in [2.75, 3.05) is 31.1 Å². The summed E-state index contributed by atoms with van der Waals surface area (Å²) < 4.78 is 45.6. The molecule has 1 fully saturated rings. The third-order valence-electron chi connectivity index (χ3n) is 4.03. The monoisotopic (exact) mass is 354 g/mol. The van der Waals surface area contributed by atoms with Gasteiger partial charge in [0.25, 0.3) is 0 Å². The van der Waals surface area contributed by atoms with E-state index in [1.807, 2.05) is 11.8 Å². The highest BCUT2D eigenvalue weighted by molar-refractivity contribution is 7.89. The largest absolute Gasteiger partial charge is 0.408 e. The van der Waals surface area contributed by atoms with Gasteiger partial charge in [-0.25, -0.2) is 12.8 Å². The lowest BCUT2D eigenvalue weighted by molar-refractivity contribution is 0.369. The van der Waals surface area contributed by atoms with Crippen molar-refractivity contribution in [1.29, 1.82) is 0 Å². The Bertz CT molecular complexity index is 829. The number of nitrogens with zero attached hydrogens (tertiary/aromatic N) is 4. The van der Waals surface area contributed by atoms with E-state index < -0.39 is 15.8 Å². The van der Waals surface area contributed by atoms with Gasteiger partial charge in [0.15, 0.2) is 0 Å². The predicted molar refractivity (Wildman–Crippen MR) is 85.8 cm³/mol. The molecular formula is C15H19FN4O3S. The van der Waals surface area contributed by atoms with Crippen LogP contribution in [0.1, 0.15) is 18.4 Å². The molecule has 0 unspecified atom stereocenters. The average molecular weight is 354 g/mol. The van der Waals surface area contributed by atoms with E-state index in [9.17, 15) is 12.8 Å². The van der Waals surface area contributed by atoms with E-state index in [1.165, 1.54) is 22.5 Å². The van der Waals surface area contributed by atoms with Gasteiger partial charge in [0.05, 0.1) is 4.90 Å². The lowest BCUT2D eigenvalue weighted by Gasteiger charge is -2.32. The minimum absolute atomic E-state index is 0.112. The van der Waals surface area contributed by atoms with Gasteiger partial charge in [-0.15, -0.1) is 5.10 Å². The number of halogens is 1. The second kappa shape index (κ2) is 6.48. The van der Waals surface area contributed by atoms with Crippen molar-refractivity contribution in [2.45, 2.75) is 25.2 Å². The standard InChI is InChI=1S/C15H19FN4O3S/c1-3-14-17-18-15(23-14)19-6-8-20(9-7-19)24(21,22)12-4-5-13(16)11(2)10-12/h4-5,10H,3,6-9H2,1-2H3. The Hall–Kier alpha value is -2.00. The second-order valence-electron chi connectivity index (χ2n) is 5.63. The van der Waals surface area contributed by atoms with Gasteiger partial charge in [0.2, 0.25) is 15.9 Å². The van der Waals surface area contributed by atoms with Crippen molar-refractivity contribution in [3.8, 4) is 0 Å². The molecule has 1 aliphatic heterocycles. The first-order valence-electron chi connectivity index (χ1n) is 7.75. The van der Waals surface area contributed by atoms with E-state index >= 15 is 0 Å². The third kappa shape index (κ3) is 3.13. The van der Waals surface area contributed by atoms with Gasteiger partial charge in [0.1, 0.15) is 5.82 Å². The molecule has 0 N–H and O–H groups in total. The number of hydrogen-bond donors (Lipinski definition) is 0. The Morgan fingerprint density at radius 3 is 2.50 bits per heavy atom. The lowest BCUT2D eigenvalue weighted by atomic mass is 10.2. The molecule has 3 rings (SSSR count). The molecule has 0 amide bonds. The molecule has 1 aromatic heterocycles. The summed E-state index contributed by atoms with van der Waals surface area (Å²) in [6.07, 6.45) is 0.658. The van der Waals surface area contributed by atoms with Crippen LogP contribution in [0.15, 0.2) is 27.5 Å². The fraction of sp³-hybridized carbons (Fsp3) is 0.467. The van der Waals surface area contributed by atoms with Crippen LogP contribution in [0.3, 0.4) is 0 Å². The maximum absolute atomic E-state index is 13.4. The molecule has 2 heterocycles. The summed E-state index contributed by atoms with van der Waals surface area (Å²) in [4.78, 5) is 1.98. The molecule has 0 spiro atoms. The second-order valence-corrected chi connectivity index (χ2v) is 7.57. The summed E-state index contributed by atoms with van der Waals surface area (Å²) in [5.74, 6) is 0.142. The van der Waals surface area contributed by atoms with Gasteiger partial charge < -0.3 is 9.32 Å². The minimum Gasteiger partial charge on any atom is -0.408 e. The van der Waals surface area contributed by atoms with Crippen molar-refractivity contribution in [3.05, 3.63) is 35.5 Å². The average Bonchev–Trinajstić information content (AvgIpc) is 3.06. The smallest absolute Gasteiger partial charge is 0.318 e. The van der Waals surface area contributed by atoms with Crippen LogP contribution in [0.2, 0.25) is 0 Å². The van der Waals surface area contributed by atoms with E-state index in [2.05, 4.69) is 10.2 Å². The van der Waals surface area contributed by atoms with E-state index in [1.54, 1.807) is 6.92 Å². The maximum atomic E-state index is 13.4. The summed E-state index contributed by atoms with van der Waals surface area (Å²) >= 11 is 0. The Morgan fingerprint density at radius 1 is 1.21 bits per heavy atom. The molecular weight excluding hydrogens is 335 g/mol. The third-order valence-corrected chi connectivity index (χ3v) is 5.93. The van der Waals surface area contributed by atoms with E-state index in [4.69, 9.17) is 4.42 Å². The van der Waals surface area contributed by atoms with Crippen LogP contribution in [0.5, 0.6) is 0 Å². The highest BCUT2D eigenvalue weighted by Crippen LogP contribution is 2.22. The van der Waals surface area contributed by atoms with Crippen LogP contribution in [0.25, 0.3) is 0 Å². The summed E-state index contributed by atoms with van der Waals surface area (Å²) in [7, 11) is -3.63. The molecule has 0 atom stereocenters. The molecule has 1 saturated heterocycles. The van der Waals surface area contributed by atoms with Crippen molar-refractivity contribution in [2.24, 2.45) is 0 Å². The van der Waals surface area contributed by atoms with Crippen molar-refractivity contribution < 1.29 is 17.2 Å². The molecule has 0 saturated carbocycles. The van der Waals surface area contributed by atoms with E-state index in [-0.39, 0.29) is 4.90 Å². The Kier molecular flexibility index (Phi) is 4.55. The maximum Gasteiger partial charge on any atom is 0.318 e. The fourth-order valence-corrected chi connectivity index (χ4v) is 4.07. The number of benzene rings is 1. The zero-order valence-corrected chi connectivity index (χ0v) is 14.4. The first kappa shape index (κ1) is 16.8. The quantitative estimate of drug-likeness (QED) is 0.830. The Balaban J connectivity index is 1.72. The highest BCUT2D eigenvalue weighted by Gasteiger charge is 2.30. The molecule has 7 nitrogen and oxygen atoms in total. The zero-order chi connectivity index (χ0) is 17.3. The zero-order valence-electron chi connectivity index (χ0n) is 13.6. The molecule has 1 aliphatic rings. The highest BCUT2D eigenvalue weighted by atomic mass is 32.2. The molecule has 0 aliphatic carbocycles. The number of aromatic nitrogens is 2. The topological polar surface area (TPSA) is 79.5 Å². The molecule has 24 heavy (non-hydrogen) atoms. The summed E-state index contributed by atoms with van der Waals surface area (Å²) in [6, 6.07) is 4.27. The van der Waals surface area contributed by atoms with Crippen LogP contribution in [-0.2, 0) is 16.4 Å².